The zero-order valence-electron chi connectivity index (χ0n) is 19.3. The van der Waals surface area contributed by atoms with Gasteiger partial charge in [-0.2, -0.15) is 0 Å². The van der Waals surface area contributed by atoms with Crippen molar-refractivity contribution in [1.29, 1.82) is 0 Å². The third kappa shape index (κ3) is 5.52. The van der Waals surface area contributed by atoms with E-state index in [0.717, 1.165) is 47.0 Å². The Balaban J connectivity index is 1.10. The molecule has 8 nitrogen and oxygen atoms in total. The summed E-state index contributed by atoms with van der Waals surface area (Å²) >= 11 is 1.63. The largest absolute Gasteiger partial charge is 0.497 e. The van der Waals surface area contributed by atoms with Crippen molar-refractivity contribution in [3.05, 3.63) is 76.1 Å². The molecule has 0 saturated carbocycles. The van der Waals surface area contributed by atoms with Crippen LogP contribution in [0.3, 0.4) is 0 Å². The SMILES string of the molecule is COc1ccc(-c2nc(CN3CCN(C(=O)COc4ccc5ccc(=O)oc5c4)CC3)cs2)cc1. The third-order valence-electron chi connectivity index (χ3n) is 5.96. The highest BCUT2D eigenvalue weighted by molar-refractivity contribution is 7.13. The lowest BCUT2D eigenvalue weighted by Crippen LogP contribution is -2.49. The number of aromatic nitrogens is 1. The Kier molecular flexibility index (Phi) is 6.78. The third-order valence-corrected chi connectivity index (χ3v) is 6.90. The minimum Gasteiger partial charge on any atom is -0.497 e. The maximum atomic E-state index is 12.6. The first-order chi connectivity index (χ1) is 17.1. The van der Waals surface area contributed by atoms with Crippen LogP contribution in [0.25, 0.3) is 21.5 Å². The molecular formula is C26H25N3O5S. The van der Waals surface area contributed by atoms with E-state index in [9.17, 15) is 9.59 Å². The van der Waals surface area contributed by atoms with Crippen molar-refractivity contribution in [2.45, 2.75) is 6.54 Å². The van der Waals surface area contributed by atoms with Crippen molar-refractivity contribution in [3.63, 3.8) is 0 Å². The van der Waals surface area contributed by atoms with Crippen LogP contribution < -0.4 is 15.1 Å². The molecular weight excluding hydrogens is 466 g/mol. The Morgan fingerprint density at radius 2 is 1.77 bits per heavy atom. The predicted octanol–water partition coefficient (Wildman–Crippen LogP) is 3.65. The number of hydrogen-bond donors (Lipinski definition) is 0. The summed E-state index contributed by atoms with van der Waals surface area (Å²) in [4.78, 5) is 33.0. The Hall–Kier alpha value is -3.69. The van der Waals surface area contributed by atoms with E-state index in [1.807, 2.05) is 29.2 Å². The van der Waals surface area contributed by atoms with Crippen molar-refractivity contribution < 1.29 is 18.7 Å². The highest BCUT2D eigenvalue weighted by Crippen LogP contribution is 2.26. The number of benzene rings is 2. The van der Waals surface area contributed by atoms with Gasteiger partial charge in [0.15, 0.2) is 6.61 Å². The van der Waals surface area contributed by atoms with Gasteiger partial charge >= 0.3 is 5.63 Å². The number of piperazine rings is 1. The van der Waals surface area contributed by atoms with E-state index in [1.165, 1.54) is 6.07 Å². The van der Waals surface area contributed by atoms with Crippen LogP contribution in [0.4, 0.5) is 0 Å². The molecule has 9 heteroatoms. The van der Waals surface area contributed by atoms with Gasteiger partial charge in [-0.05, 0) is 42.5 Å². The molecule has 3 heterocycles. The summed E-state index contributed by atoms with van der Waals surface area (Å²) in [6.07, 6.45) is 0. The Morgan fingerprint density at radius 3 is 2.54 bits per heavy atom. The molecule has 1 saturated heterocycles. The zero-order valence-corrected chi connectivity index (χ0v) is 20.1. The van der Waals surface area contributed by atoms with E-state index in [4.69, 9.17) is 18.9 Å². The number of rotatable bonds is 7. The number of thiazole rings is 1. The standard InChI is InChI=1S/C26H25N3O5S/c1-32-21-6-3-19(4-7-21)26-27-20(17-35-26)15-28-10-12-29(13-11-28)24(30)16-33-22-8-2-18-5-9-25(31)34-23(18)14-22/h2-9,14,17H,10-13,15-16H2,1H3. The van der Waals surface area contributed by atoms with Gasteiger partial charge in [-0.1, -0.05) is 0 Å². The van der Waals surface area contributed by atoms with E-state index in [1.54, 1.807) is 42.7 Å². The van der Waals surface area contributed by atoms with Crippen LogP contribution in [-0.4, -0.2) is 60.6 Å². The van der Waals surface area contributed by atoms with Crippen LogP contribution in [0.15, 0.2) is 69.2 Å². The molecule has 0 spiro atoms. The number of hydrogen-bond acceptors (Lipinski definition) is 8. The maximum absolute atomic E-state index is 12.6. The molecule has 0 atom stereocenters. The summed E-state index contributed by atoms with van der Waals surface area (Å²) < 4.78 is 16.1. The Bertz CT molecular complexity index is 1370. The molecule has 4 aromatic rings. The van der Waals surface area contributed by atoms with Gasteiger partial charge in [-0.3, -0.25) is 9.69 Å². The van der Waals surface area contributed by atoms with Crippen LogP contribution >= 0.6 is 11.3 Å². The molecule has 2 aromatic heterocycles. The summed E-state index contributed by atoms with van der Waals surface area (Å²) in [5, 5.41) is 3.88. The number of amides is 1. The van der Waals surface area contributed by atoms with E-state index >= 15 is 0 Å². The smallest absolute Gasteiger partial charge is 0.336 e. The molecule has 0 unspecified atom stereocenters. The fourth-order valence-corrected chi connectivity index (χ4v) is 4.81. The van der Waals surface area contributed by atoms with Crippen LogP contribution in [0.5, 0.6) is 11.5 Å². The first kappa shape index (κ1) is 23.1. The fraction of sp³-hybridized carbons (Fsp3) is 0.269. The van der Waals surface area contributed by atoms with Gasteiger partial charge < -0.3 is 18.8 Å². The van der Waals surface area contributed by atoms with Crippen LogP contribution in [0.2, 0.25) is 0 Å². The van der Waals surface area contributed by atoms with Gasteiger partial charge in [0.05, 0.1) is 12.8 Å². The number of carbonyl (C=O) groups excluding carboxylic acids is 1. The van der Waals surface area contributed by atoms with Crippen molar-refractivity contribution in [2.24, 2.45) is 0 Å². The highest BCUT2D eigenvalue weighted by atomic mass is 32.1. The predicted molar refractivity (Wildman–Crippen MR) is 134 cm³/mol. The molecule has 0 radical (unpaired) electrons. The summed E-state index contributed by atoms with van der Waals surface area (Å²) in [5.41, 5.74) is 2.13. The lowest BCUT2D eigenvalue weighted by molar-refractivity contribution is -0.135. The molecule has 0 N–H and O–H groups in total. The number of methoxy groups -OCH3 is 1. The van der Waals surface area contributed by atoms with Gasteiger partial charge in [0.1, 0.15) is 22.1 Å². The minimum absolute atomic E-state index is 0.0557. The zero-order chi connectivity index (χ0) is 24.2. The topological polar surface area (TPSA) is 85.1 Å². The first-order valence-electron chi connectivity index (χ1n) is 11.3. The average Bonchev–Trinajstić information content (AvgIpc) is 3.36. The van der Waals surface area contributed by atoms with Crippen molar-refractivity contribution in [1.82, 2.24) is 14.8 Å². The number of fused-ring (bicyclic) bond motifs is 1. The molecule has 0 bridgehead atoms. The number of nitrogens with zero attached hydrogens (tertiary/aromatic N) is 3. The fourth-order valence-electron chi connectivity index (χ4n) is 4.00. The normalized spacial score (nSPS) is 14.3. The summed E-state index contributed by atoms with van der Waals surface area (Å²) in [5.74, 6) is 1.26. The molecule has 2 aromatic carbocycles. The molecule has 0 aliphatic carbocycles. The highest BCUT2D eigenvalue weighted by Gasteiger charge is 2.22. The number of carbonyl (C=O) groups is 1. The second-order valence-electron chi connectivity index (χ2n) is 8.27. The van der Waals surface area contributed by atoms with Gasteiger partial charge in [0, 0.05) is 61.2 Å². The van der Waals surface area contributed by atoms with Crippen LogP contribution in [-0.2, 0) is 11.3 Å². The summed E-state index contributed by atoms with van der Waals surface area (Å²) in [7, 11) is 1.66. The van der Waals surface area contributed by atoms with Gasteiger partial charge in [-0.25, -0.2) is 9.78 Å². The second-order valence-corrected chi connectivity index (χ2v) is 9.13. The average molecular weight is 492 g/mol. The second kappa shape index (κ2) is 10.3. The minimum atomic E-state index is -0.418. The van der Waals surface area contributed by atoms with Gasteiger partial charge in [-0.15, -0.1) is 11.3 Å². The van der Waals surface area contributed by atoms with Gasteiger partial charge in [0.2, 0.25) is 0 Å². The van der Waals surface area contributed by atoms with E-state index in [2.05, 4.69) is 10.3 Å². The molecule has 1 fully saturated rings. The lowest BCUT2D eigenvalue weighted by atomic mass is 10.2. The summed E-state index contributed by atoms with van der Waals surface area (Å²) in [6, 6.07) is 16.2. The van der Waals surface area contributed by atoms with Crippen molar-refractivity contribution in [3.8, 4) is 22.1 Å². The van der Waals surface area contributed by atoms with Gasteiger partial charge in [0.25, 0.3) is 5.91 Å². The lowest BCUT2D eigenvalue weighted by Gasteiger charge is -2.34. The Morgan fingerprint density at radius 1 is 1.03 bits per heavy atom. The summed E-state index contributed by atoms with van der Waals surface area (Å²) in [6.45, 7) is 3.55. The molecule has 5 rings (SSSR count). The molecule has 180 valence electrons. The first-order valence-corrected chi connectivity index (χ1v) is 12.2. The van der Waals surface area contributed by atoms with Crippen molar-refractivity contribution >= 4 is 28.2 Å². The van der Waals surface area contributed by atoms with Crippen LogP contribution in [0, 0.1) is 0 Å². The molecule has 1 aliphatic rings. The Labute approximate surface area is 206 Å². The van der Waals surface area contributed by atoms with Crippen molar-refractivity contribution in [2.75, 3.05) is 39.9 Å². The van der Waals surface area contributed by atoms with E-state index < -0.39 is 5.63 Å². The molecule has 1 aliphatic heterocycles. The van der Waals surface area contributed by atoms with E-state index in [-0.39, 0.29) is 12.5 Å². The number of ether oxygens (including phenoxy) is 2. The maximum Gasteiger partial charge on any atom is 0.336 e. The monoisotopic (exact) mass is 491 g/mol. The molecule has 1 amide bonds. The van der Waals surface area contributed by atoms with E-state index in [0.29, 0.717) is 24.4 Å². The molecule has 35 heavy (non-hydrogen) atoms. The quantitative estimate of drug-likeness (QED) is 0.365. The van der Waals surface area contributed by atoms with Crippen LogP contribution in [0.1, 0.15) is 5.69 Å².